The summed E-state index contributed by atoms with van der Waals surface area (Å²) in [4.78, 5) is 10.4. The molecule has 20 heavy (non-hydrogen) atoms. The Bertz CT molecular complexity index is 725. The molecule has 0 aliphatic rings. The van der Waals surface area contributed by atoms with Gasteiger partial charge in [-0.2, -0.15) is 0 Å². The summed E-state index contributed by atoms with van der Waals surface area (Å²) in [7, 11) is -7.92. The molecular weight excluding hydrogens is 312 g/mol. The monoisotopic (exact) mass is 324 g/mol. The lowest BCUT2D eigenvalue weighted by molar-refractivity contribution is 0.0693. The van der Waals surface area contributed by atoms with Crippen LogP contribution in [0, 0.1) is 0 Å². The fraction of sp³-hybridized carbons (Fsp3) is 0.222. The van der Waals surface area contributed by atoms with Crippen LogP contribution >= 0.6 is 0 Å². The second kappa shape index (κ2) is 5.75. The molecule has 0 atom stereocenters. The third-order valence-electron chi connectivity index (χ3n) is 2.19. The van der Waals surface area contributed by atoms with Gasteiger partial charge in [0.25, 0.3) is 0 Å². The minimum atomic E-state index is -4.10. The Kier molecular flexibility index (Phi) is 4.70. The Balaban J connectivity index is 2.99. The summed E-state index contributed by atoms with van der Waals surface area (Å²) in [5.74, 6) is -2.68. The van der Waals surface area contributed by atoms with Crippen molar-refractivity contribution in [3.8, 4) is 5.75 Å². The summed E-state index contributed by atoms with van der Waals surface area (Å²) >= 11 is 0. The molecule has 112 valence electrons. The fourth-order valence-electron chi connectivity index (χ4n) is 1.26. The van der Waals surface area contributed by atoms with E-state index in [0.29, 0.717) is 0 Å². The van der Waals surface area contributed by atoms with E-state index < -0.39 is 54.5 Å². The Labute approximate surface area is 115 Å². The smallest absolute Gasteiger partial charge is 0.339 e. The number of hydrogen-bond acceptors (Lipinski definition) is 6. The number of primary sulfonamides is 1. The molecule has 0 aliphatic heterocycles. The van der Waals surface area contributed by atoms with Crippen molar-refractivity contribution in [3.05, 3.63) is 23.8 Å². The first-order valence-electron chi connectivity index (χ1n) is 5.09. The molecule has 0 saturated carbocycles. The molecule has 0 heterocycles. The topological polar surface area (TPSA) is 164 Å². The highest BCUT2D eigenvalue weighted by molar-refractivity contribution is 7.90. The predicted molar refractivity (Wildman–Crippen MR) is 68.2 cm³/mol. The average molecular weight is 324 g/mol. The molecule has 0 amide bonds. The minimum Gasteiger partial charge on any atom is -0.507 e. The van der Waals surface area contributed by atoms with Crippen molar-refractivity contribution < 1.29 is 31.8 Å². The summed E-state index contributed by atoms with van der Waals surface area (Å²) in [5.41, 5.74) is -0.584. The minimum absolute atomic E-state index is 0.415. The second-order valence-electron chi connectivity index (χ2n) is 3.75. The van der Waals surface area contributed by atoms with Gasteiger partial charge in [0.1, 0.15) is 11.3 Å². The summed E-state index contributed by atoms with van der Waals surface area (Å²) in [6.45, 7) is -0.454. The molecular formula is C9H12N2O7S2. The van der Waals surface area contributed by atoms with E-state index in [1.165, 1.54) is 0 Å². The number of rotatable bonds is 6. The van der Waals surface area contributed by atoms with E-state index in [9.17, 15) is 26.7 Å². The van der Waals surface area contributed by atoms with Gasteiger partial charge in [-0.05, 0) is 18.2 Å². The summed E-state index contributed by atoms with van der Waals surface area (Å²) in [6, 6.07) is 2.66. The zero-order chi connectivity index (χ0) is 15.6. The van der Waals surface area contributed by atoms with Gasteiger partial charge in [0.05, 0.1) is 10.6 Å². The third-order valence-corrected chi connectivity index (χ3v) is 4.42. The molecule has 0 saturated heterocycles. The number of phenols is 1. The Hall–Kier alpha value is -1.69. The Morgan fingerprint density at radius 1 is 1.25 bits per heavy atom. The van der Waals surface area contributed by atoms with Crippen molar-refractivity contribution in [3.63, 3.8) is 0 Å². The van der Waals surface area contributed by atoms with Crippen molar-refractivity contribution in [1.29, 1.82) is 0 Å². The number of aromatic hydroxyl groups is 1. The van der Waals surface area contributed by atoms with Crippen molar-refractivity contribution in [2.45, 2.75) is 4.90 Å². The van der Waals surface area contributed by atoms with Crippen molar-refractivity contribution in [2.24, 2.45) is 5.14 Å². The van der Waals surface area contributed by atoms with E-state index in [2.05, 4.69) is 0 Å². The molecule has 1 aromatic carbocycles. The number of aromatic carboxylic acids is 1. The van der Waals surface area contributed by atoms with Gasteiger partial charge in [0.2, 0.25) is 20.0 Å². The Morgan fingerprint density at radius 2 is 1.85 bits per heavy atom. The number of carboxylic acids is 1. The molecule has 0 fully saturated rings. The van der Waals surface area contributed by atoms with Gasteiger partial charge in [0.15, 0.2) is 0 Å². The number of nitrogens with one attached hydrogen (secondary N) is 1. The molecule has 5 N–H and O–H groups in total. The van der Waals surface area contributed by atoms with Crippen LogP contribution in [0.15, 0.2) is 23.1 Å². The summed E-state index contributed by atoms with van der Waals surface area (Å²) < 4.78 is 46.9. The average Bonchev–Trinajstić information content (AvgIpc) is 2.26. The van der Waals surface area contributed by atoms with E-state index >= 15 is 0 Å². The maximum absolute atomic E-state index is 11.8. The largest absolute Gasteiger partial charge is 0.507 e. The molecule has 0 unspecified atom stereocenters. The SMILES string of the molecule is NS(=O)(=O)CCNS(=O)(=O)c1ccc(O)c(C(=O)O)c1. The van der Waals surface area contributed by atoms with Crippen molar-refractivity contribution >= 4 is 26.0 Å². The first-order valence-corrected chi connectivity index (χ1v) is 8.29. The number of benzene rings is 1. The van der Waals surface area contributed by atoms with Gasteiger partial charge < -0.3 is 10.2 Å². The van der Waals surface area contributed by atoms with Crippen LogP contribution in [0.5, 0.6) is 5.75 Å². The van der Waals surface area contributed by atoms with Crippen LogP contribution in [0.2, 0.25) is 0 Å². The van der Waals surface area contributed by atoms with E-state index in [4.69, 9.17) is 10.2 Å². The lowest BCUT2D eigenvalue weighted by Gasteiger charge is -2.07. The molecule has 1 aromatic rings. The van der Waals surface area contributed by atoms with Crippen LogP contribution in [0.3, 0.4) is 0 Å². The first kappa shape index (κ1) is 16.4. The second-order valence-corrected chi connectivity index (χ2v) is 7.25. The fourth-order valence-corrected chi connectivity index (χ4v) is 2.83. The summed E-state index contributed by atoms with van der Waals surface area (Å²) in [5, 5.41) is 22.7. The molecule has 1 rings (SSSR count). The van der Waals surface area contributed by atoms with E-state index in [-0.39, 0.29) is 0 Å². The summed E-state index contributed by atoms with van der Waals surface area (Å²) in [6.07, 6.45) is 0. The van der Waals surface area contributed by atoms with E-state index in [1.54, 1.807) is 0 Å². The van der Waals surface area contributed by atoms with Crippen LogP contribution in [0.1, 0.15) is 10.4 Å². The maximum Gasteiger partial charge on any atom is 0.339 e. The highest BCUT2D eigenvalue weighted by Gasteiger charge is 2.19. The lowest BCUT2D eigenvalue weighted by atomic mass is 10.2. The first-order chi connectivity index (χ1) is 9.03. The van der Waals surface area contributed by atoms with Gasteiger partial charge in [-0.15, -0.1) is 0 Å². The molecule has 0 aliphatic carbocycles. The highest BCUT2D eigenvalue weighted by atomic mass is 32.2. The normalized spacial score (nSPS) is 12.2. The zero-order valence-corrected chi connectivity index (χ0v) is 11.6. The Morgan fingerprint density at radius 3 is 2.35 bits per heavy atom. The number of carbonyl (C=O) groups is 1. The van der Waals surface area contributed by atoms with E-state index in [0.717, 1.165) is 18.2 Å². The highest BCUT2D eigenvalue weighted by Crippen LogP contribution is 2.21. The number of nitrogens with two attached hydrogens (primary N) is 1. The third kappa shape index (κ3) is 4.45. The van der Waals surface area contributed by atoms with E-state index in [1.807, 2.05) is 4.72 Å². The van der Waals surface area contributed by atoms with Gasteiger partial charge in [-0.25, -0.2) is 31.5 Å². The van der Waals surface area contributed by atoms with Crippen LogP contribution < -0.4 is 9.86 Å². The van der Waals surface area contributed by atoms with Crippen LogP contribution in [0.4, 0.5) is 0 Å². The van der Waals surface area contributed by atoms with Gasteiger partial charge in [0, 0.05) is 6.54 Å². The molecule has 0 aromatic heterocycles. The van der Waals surface area contributed by atoms with Crippen molar-refractivity contribution in [1.82, 2.24) is 4.72 Å². The molecule has 11 heteroatoms. The number of carboxylic acid groups (broad SMARTS) is 1. The molecule has 0 radical (unpaired) electrons. The van der Waals surface area contributed by atoms with Gasteiger partial charge in [-0.1, -0.05) is 0 Å². The lowest BCUT2D eigenvalue weighted by Crippen LogP contribution is -2.31. The van der Waals surface area contributed by atoms with Crippen molar-refractivity contribution in [2.75, 3.05) is 12.3 Å². The van der Waals surface area contributed by atoms with Crippen LogP contribution in [0.25, 0.3) is 0 Å². The quantitative estimate of drug-likeness (QED) is 0.502. The van der Waals surface area contributed by atoms with Gasteiger partial charge >= 0.3 is 5.97 Å². The number of hydrogen-bond donors (Lipinski definition) is 4. The zero-order valence-electron chi connectivity index (χ0n) is 9.98. The van der Waals surface area contributed by atoms with Gasteiger partial charge in [-0.3, -0.25) is 0 Å². The number of sulfonamides is 2. The molecule has 0 bridgehead atoms. The molecule has 9 nitrogen and oxygen atoms in total. The van der Waals surface area contributed by atoms with Crippen LogP contribution in [-0.4, -0.2) is 45.3 Å². The van der Waals surface area contributed by atoms with Crippen LogP contribution in [-0.2, 0) is 20.0 Å². The predicted octanol–water partition coefficient (Wildman–Crippen LogP) is -1.34. The molecule has 0 spiro atoms. The maximum atomic E-state index is 11.8. The standard InChI is InChI=1S/C9H12N2O7S2/c10-19(15,16)4-3-11-20(17,18)6-1-2-8(12)7(5-6)9(13)14/h1-2,5,11-12H,3-4H2,(H,13,14)(H2,10,15,16).